The zero-order chi connectivity index (χ0) is 14.5. The van der Waals surface area contributed by atoms with Crippen molar-refractivity contribution >= 4 is 22.6 Å². The molecule has 5 heteroatoms. The molecule has 0 saturated heterocycles. The van der Waals surface area contributed by atoms with Crippen LogP contribution in [-0.4, -0.2) is 28.6 Å². The second kappa shape index (κ2) is 7.04. The SMILES string of the molecule is CC(C)COCCn1c(CCCl)nc2cc(F)ccc21. The first kappa shape index (κ1) is 15.3. The number of rotatable bonds is 7. The fraction of sp³-hybridized carbons (Fsp3) is 0.533. The molecule has 0 aliphatic heterocycles. The molecule has 1 aromatic heterocycles. The summed E-state index contributed by atoms with van der Waals surface area (Å²) in [4.78, 5) is 4.46. The molecule has 110 valence electrons. The molecule has 0 aliphatic rings. The number of imidazole rings is 1. The Hall–Kier alpha value is -1.13. The van der Waals surface area contributed by atoms with Gasteiger partial charge >= 0.3 is 0 Å². The molecular formula is C15H20ClFN2O. The van der Waals surface area contributed by atoms with E-state index in [-0.39, 0.29) is 5.82 Å². The summed E-state index contributed by atoms with van der Waals surface area (Å²) in [5.41, 5.74) is 1.61. The van der Waals surface area contributed by atoms with E-state index in [1.54, 1.807) is 6.07 Å². The van der Waals surface area contributed by atoms with Crippen LogP contribution in [-0.2, 0) is 17.7 Å². The highest BCUT2D eigenvalue weighted by Crippen LogP contribution is 2.18. The maximum Gasteiger partial charge on any atom is 0.125 e. The van der Waals surface area contributed by atoms with Crippen molar-refractivity contribution in [1.29, 1.82) is 0 Å². The molecule has 0 radical (unpaired) electrons. The van der Waals surface area contributed by atoms with Crippen LogP contribution in [0.3, 0.4) is 0 Å². The summed E-state index contributed by atoms with van der Waals surface area (Å²) in [5, 5.41) is 0. The van der Waals surface area contributed by atoms with E-state index >= 15 is 0 Å². The molecule has 0 saturated carbocycles. The van der Waals surface area contributed by atoms with Gasteiger partial charge in [0.1, 0.15) is 11.6 Å². The van der Waals surface area contributed by atoms with E-state index in [0.717, 1.165) is 17.9 Å². The van der Waals surface area contributed by atoms with Gasteiger partial charge in [-0.2, -0.15) is 0 Å². The fourth-order valence-electron chi connectivity index (χ4n) is 2.15. The standard InChI is InChI=1S/C15H20ClFN2O/c1-11(2)10-20-8-7-19-14-4-3-12(17)9-13(14)18-15(19)5-6-16/h3-4,9,11H,5-8,10H2,1-2H3. The van der Waals surface area contributed by atoms with Gasteiger partial charge in [-0.15, -0.1) is 11.6 Å². The van der Waals surface area contributed by atoms with Crippen LogP contribution in [0.1, 0.15) is 19.7 Å². The van der Waals surface area contributed by atoms with E-state index in [2.05, 4.69) is 23.4 Å². The van der Waals surface area contributed by atoms with Gasteiger partial charge in [-0.1, -0.05) is 13.8 Å². The molecule has 2 aromatic rings. The largest absolute Gasteiger partial charge is 0.379 e. The average Bonchev–Trinajstić information content (AvgIpc) is 2.72. The molecule has 0 atom stereocenters. The Morgan fingerprint density at radius 2 is 2.20 bits per heavy atom. The number of aryl methyl sites for hydroxylation is 1. The third kappa shape index (κ3) is 3.70. The summed E-state index contributed by atoms with van der Waals surface area (Å²) < 4.78 is 20.9. The number of hydrogen-bond acceptors (Lipinski definition) is 2. The molecule has 0 N–H and O–H groups in total. The van der Waals surface area contributed by atoms with Crippen molar-refractivity contribution in [2.24, 2.45) is 5.92 Å². The number of nitrogens with zero attached hydrogens (tertiary/aromatic N) is 2. The van der Waals surface area contributed by atoms with E-state index in [9.17, 15) is 4.39 Å². The number of ether oxygens (including phenoxy) is 1. The molecule has 20 heavy (non-hydrogen) atoms. The second-order valence-electron chi connectivity index (χ2n) is 5.22. The molecule has 1 aromatic carbocycles. The Kier molecular flexibility index (Phi) is 5.38. The van der Waals surface area contributed by atoms with Crippen LogP contribution in [0.15, 0.2) is 18.2 Å². The van der Waals surface area contributed by atoms with Crippen LogP contribution in [0.5, 0.6) is 0 Å². The zero-order valence-electron chi connectivity index (χ0n) is 11.9. The number of benzene rings is 1. The lowest BCUT2D eigenvalue weighted by Gasteiger charge is -2.10. The average molecular weight is 299 g/mol. The van der Waals surface area contributed by atoms with Crippen LogP contribution in [0.2, 0.25) is 0 Å². The van der Waals surface area contributed by atoms with Crippen molar-refractivity contribution in [3.8, 4) is 0 Å². The van der Waals surface area contributed by atoms with Crippen LogP contribution in [0.4, 0.5) is 4.39 Å². The number of aromatic nitrogens is 2. The fourth-order valence-corrected chi connectivity index (χ4v) is 2.32. The molecule has 0 fully saturated rings. The van der Waals surface area contributed by atoms with Crippen molar-refractivity contribution in [2.45, 2.75) is 26.8 Å². The topological polar surface area (TPSA) is 27.1 Å². The molecule has 1 heterocycles. The minimum Gasteiger partial charge on any atom is -0.379 e. The van der Waals surface area contributed by atoms with Crippen LogP contribution in [0, 0.1) is 11.7 Å². The summed E-state index contributed by atoms with van der Waals surface area (Å²) in [6, 6.07) is 4.68. The predicted octanol–water partition coefficient (Wildman–Crippen LogP) is 3.63. The Labute approximate surface area is 123 Å². The summed E-state index contributed by atoms with van der Waals surface area (Å²) >= 11 is 5.81. The lowest BCUT2D eigenvalue weighted by atomic mass is 10.2. The first-order valence-electron chi connectivity index (χ1n) is 6.90. The number of halogens is 2. The first-order valence-corrected chi connectivity index (χ1v) is 7.43. The Morgan fingerprint density at radius 1 is 1.40 bits per heavy atom. The smallest absolute Gasteiger partial charge is 0.125 e. The summed E-state index contributed by atoms with van der Waals surface area (Å²) in [5.74, 6) is 1.63. The van der Waals surface area contributed by atoms with E-state index in [1.807, 2.05) is 0 Å². The minimum atomic E-state index is -0.268. The van der Waals surface area contributed by atoms with Gasteiger partial charge in [0.05, 0.1) is 17.6 Å². The van der Waals surface area contributed by atoms with Crippen molar-refractivity contribution in [1.82, 2.24) is 9.55 Å². The highest BCUT2D eigenvalue weighted by Gasteiger charge is 2.11. The zero-order valence-corrected chi connectivity index (χ0v) is 12.7. The highest BCUT2D eigenvalue weighted by molar-refractivity contribution is 6.17. The molecule has 0 spiro atoms. The highest BCUT2D eigenvalue weighted by atomic mass is 35.5. The van der Waals surface area contributed by atoms with Gasteiger partial charge in [-0.05, 0) is 18.1 Å². The van der Waals surface area contributed by atoms with Gasteiger partial charge in [0, 0.05) is 31.5 Å². The van der Waals surface area contributed by atoms with Crippen molar-refractivity contribution in [3.63, 3.8) is 0 Å². The molecule has 0 unspecified atom stereocenters. The van der Waals surface area contributed by atoms with Gasteiger partial charge < -0.3 is 9.30 Å². The van der Waals surface area contributed by atoms with Gasteiger partial charge in [-0.3, -0.25) is 0 Å². The second-order valence-corrected chi connectivity index (χ2v) is 5.60. The van der Waals surface area contributed by atoms with Gasteiger partial charge in [0.25, 0.3) is 0 Å². The molecular weight excluding hydrogens is 279 g/mol. The Balaban J connectivity index is 2.17. The number of fused-ring (bicyclic) bond motifs is 1. The molecule has 0 aliphatic carbocycles. The summed E-state index contributed by atoms with van der Waals surface area (Å²) in [6.45, 7) is 6.31. The van der Waals surface area contributed by atoms with Crippen molar-refractivity contribution < 1.29 is 9.13 Å². The monoisotopic (exact) mass is 298 g/mol. The van der Waals surface area contributed by atoms with Crippen LogP contribution in [0.25, 0.3) is 11.0 Å². The Bertz CT molecular complexity index is 568. The molecule has 3 nitrogen and oxygen atoms in total. The molecule has 0 amide bonds. The van der Waals surface area contributed by atoms with E-state index in [4.69, 9.17) is 16.3 Å². The normalized spacial score (nSPS) is 11.7. The maximum absolute atomic E-state index is 13.3. The van der Waals surface area contributed by atoms with E-state index in [0.29, 0.717) is 36.9 Å². The summed E-state index contributed by atoms with van der Waals surface area (Å²) in [6.07, 6.45) is 0.669. The van der Waals surface area contributed by atoms with Crippen molar-refractivity contribution in [2.75, 3.05) is 19.1 Å². The van der Waals surface area contributed by atoms with Crippen LogP contribution >= 0.6 is 11.6 Å². The lowest BCUT2D eigenvalue weighted by Crippen LogP contribution is -2.12. The van der Waals surface area contributed by atoms with Gasteiger partial charge in [-0.25, -0.2) is 9.37 Å². The maximum atomic E-state index is 13.3. The minimum absolute atomic E-state index is 0.268. The van der Waals surface area contributed by atoms with Crippen molar-refractivity contribution in [3.05, 3.63) is 29.8 Å². The van der Waals surface area contributed by atoms with Gasteiger partial charge in [0.2, 0.25) is 0 Å². The first-order chi connectivity index (χ1) is 9.61. The van der Waals surface area contributed by atoms with Gasteiger partial charge in [0.15, 0.2) is 0 Å². The lowest BCUT2D eigenvalue weighted by molar-refractivity contribution is 0.103. The van der Waals surface area contributed by atoms with E-state index < -0.39 is 0 Å². The van der Waals surface area contributed by atoms with Crippen LogP contribution < -0.4 is 0 Å². The Morgan fingerprint density at radius 3 is 2.90 bits per heavy atom. The quantitative estimate of drug-likeness (QED) is 0.576. The third-order valence-electron chi connectivity index (χ3n) is 3.02. The number of hydrogen-bond donors (Lipinski definition) is 0. The predicted molar refractivity (Wildman–Crippen MR) is 79.8 cm³/mol. The van der Waals surface area contributed by atoms with E-state index in [1.165, 1.54) is 12.1 Å². The molecule has 0 bridgehead atoms. The summed E-state index contributed by atoms with van der Waals surface area (Å²) in [7, 11) is 0. The number of alkyl halides is 1. The third-order valence-corrected chi connectivity index (χ3v) is 3.21. The molecule has 2 rings (SSSR count).